The summed E-state index contributed by atoms with van der Waals surface area (Å²) in [5.74, 6) is -1.69. The Balaban J connectivity index is 2.73. The average Bonchev–Trinajstić information content (AvgIpc) is 2.26. The van der Waals surface area contributed by atoms with E-state index < -0.39 is 11.8 Å². The molecular formula is C11H10O4. The summed E-state index contributed by atoms with van der Waals surface area (Å²) in [6, 6.07) is 6.91. The first kappa shape index (κ1) is 11.0. The van der Waals surface area contributed by atoms with E-state index in [4.69, 9.17) is 9.84 Å². The molecule has 15 heavy (non-hydrogen) atoms. The van der Waals surface area contributed by atoms with Gasteiger partial charge in [0.15, 0.2) is 0 Å². The lowest BCUT2D eigenvalue weighted by atomic mass is 10.2. The van der Waals surface area contributed by atoms with E-state index in [9.17, 15) is 9.59 Å². The van der Waals surface area contributed by atoms with Crippen LogP contribution in [0, 0.1) is 0 Å². The molecule has 0 aliphatic rings. The molecule has 0 radical (unpaired) electrons. The van der Waals surface area contributed by atoms with Gasteiger partial charge in [0.05, 0.1) is 7.11 Å². The fraction of sp³-hybridized carbons (Fsp3) is 0.0909. The van der Waals surface area contributed by atoms with Crippen molar-refractivity contribution in [2.45, 2.75) is 0 Å². The highest BCUT2D eigenvalue weighted by Gasteiger charge is 2.05. The molecule has 0 fully saturated rings. The van der Waals surface area contributed by atoms with Crippen molar-refractivity contribution >= 4 is 17.8 Å². The Morgan fingerprint density at radius 2 is 1.87 bits per heavy atom. The van der Waals surface area contributed by atoms with Gasteiger partial charge in [0.1, 0.15) is 5.75 Å². The molecule has 1 N–H and O–H groups in total. The van der Waals surface area contributed by atoms with Crippen LogP contribution in [0.15, 0.2) is 30.3 Å². The summed E-state index contributed by atoms with van der Waals surface area (Å²) in [5.41, 5.74) is 0.741. The van der Waals surface area contributed by atoms with E-state index in [0.717, 1.165) is 11.6 Å². The van der Waals surface area contributed by atoms with Crippen molar-refractivity contribution in [2.24, 2.45) is 0 Å². The lowest BCUT2D eigenvalue weighted by Gasteiger charge is -1.98. The number of benzene rings is 1. The van der Waals surface area contributed by atoms with Gasteiger partial charge in [-0.3, -0.25) is 4.79 Å². The zero-order valence-corrected chi connectivity index (χ0v) is 8.14. The summed E-state index contributed by atoms with van der Waals surface area (Å²) >= 11 is 0. The van der Waals surface area contributed by atoms with Crippen molar-refractivity contribution < 1.29 is 19.4 Å². The van der Waals surface area contributed by atoms with Crippen LogP contribution in [-0.2, 0) is 9.59 Å². The number of hydrogen-bond acceptors (Lipinski definition) is 3. The third kappa shape index (κ3) is 3.27. The van der Waals surface area contributed by atoms with Crippen molar-refractivity contribution in [3.05, 3.63) is 35.9 Å². The van der Waals surface area contributed by atoms with Crippen molar-refractivity contribution in [1.82, 2.24) is 0 Å². The summed E-state index contributed by atoms with van der Waals surface area (Å²) in [7, 11) is 1.55. The van der Waals surface area contributed by atoms with E-state index >= 15 is 0 Å². The molecule has 0 saturated carbocycles. The second kappa shape index (κ2) is 4.95. The first-order valence-corrected chi connectivity index (χ1v) is 4.23. The van der Waals surface area contributed by atoms with E-state index in [-0.39, 0.29) is 0 Å². The van der Waals surface area contributed by atoms with Crippen LogP contribution >= 0.6 is 0 Å². The highest BCUT2D eigenvalue weighted by Crippen LogP contribution is 2.12. The smallest absolute Gasteiger partial charge is 0.376 e. The second-order valence-electron chi connectivity index (χ2n) is 2.78. The molecule has 1 aromatic rings. The molecule has 0 amide bonds. The van der Waals surface area contributed by atoms with Gasteiger partial charge >= 0.3 is 5.97 Å². The van der Waals surface area contributed by atoms with Crippen molar-refractivity contribution in [1.29, 1.82) is 0 Å². The molecule has 0 aliphatic heterocycles. The largest absolute Gasteiger partial charge is 0.497 e. The van der Waals surface area contributed by atoms with Gasteiger partial charge in [0, 0.05) is 0 Å². The van der Waals surface area contributed by atoms with Gasteiger partial charge in [0.25, 0.3) is 5.78 Å². The van der Waals surface area contributed by atoms with E-state index in [1.165, 1.54) is 6.08 Å². The SMILES string of the molecule is COc1ccc(/C=C\C(=O)C(=O)O)cc1. The number of carboxylic acids is 1. The Morgan fingerprint density at radius 3 is 2.33 bits per heavy atom. The third-order valence-corrected chi connectivity index (χ3v) is 1.75. The van der Waals surface area contributed by atoms with Crippen LogP contribution in [0.25, 0.3) is 6.08 Å². The molecule has 0 spiro atoms. The molecule has 78 valence electrons. The van der Waals surface area contributed by atoms with Crippen LogP contribution in [0.4, 0.5) is 0 Å². The number of aliphatic carboxylic acids is 1. The minimum absolute atomic E-state index is 0.705. The van der Waals surface area contributed by atoms with E-state index in [0.29, 0.717) is 5.75 Å². The summed E-state index contributed by atoms with van der Waals surface area (Å²) in [6.45, 7) is 0. The van der Waals surface area contributed by atoms with Crippen molar-refractivity contribution in [2.75, 3.05) is 7.11 Å². The Hall–Kier alpha value is -2.10. The summed E-state index contributed by atoms with van der Waals surface area (Å²) in [5, 5.41) is 8.32. The molecule has 0 unspecified atom stereocenters. The Morgan fingerprint density at radius 1 is 1.27 bits per heavy atom. The van der Waals surface area contributed by atoms with Gasteiger partial charge in [-0.15, -0.1) is 0 Å². The molecule has 0 aliphatic carbocycles. The van der Waals surface area contributed by atoms with Crippen LogP contribution in [0.2, 0.25) is 0 Å². The summed E-state index contributed by atoms with van der Waals surface area (Å²) in [6.07, 6.45) is 2.46. The maximum absolute atomic E-state index is 10.7. The lowest BCUT2D eigenvalue weighted by Crippen LogP contribution is -2.08. The van der Waals surface area contributed by atoms with E-state index in [1.54, 1.807) is 31.4 Å². The highest BCUT2D eigenvalue weighted by atomic mass is 16.5. The number of carboxylic acid groups (broad SMARTS) is 1. The van der Waals surface area contributed by atoms with Crippen LogP contribution < -0.4 is 4.74 Å². The number of carbonyl (C=O) groups excluding carboxylic acids is 1. The van der Waals surface area contributed by atoms with Crippen molar-refractivity contribution in [3.63, 3.8) is 0 Å². The molecule has 1 rings (SSSR count). The minimum Gasteiger partial charge on any atom is -0.497 e. The highest BCUT2D eigenvalue weighted by molar-refractivity contribution is 6.38. The minimum atomic E-state index is -1.46. The molecule has 0 saturated heterocycles. The van der Waals surface area contributed by atoms with Gasteiger partial charge in [-0.25, -0.2) is 4.79 Å². The number of carbonyl (C=O) groups is 2. The molecule has 0 heterocycles. The molecule has 0 aromatic heterocycles. The maximum Gasteiger partial charge on any atom is 0.376 e. The molecule has 4 nitrogen and oxygen atoms in total. The van der Waals surface area contributed by atoms with Crippen LogP contribution in [0.3, 0.4) is 0 Å². The molecule has 0 bridgehead atoms. The predicted molar refractivity (Wildman–Crippen MR) is 54.7 cm³/mol. The van der Waals surface area contributed by atoms with Gasteiger partial charge in [-0.2, -0.15) is 0 Å². The number of methoxy groups -OCH3 is 1. The Kier molecular flexibility index (Phi) is 3.62. The lowest BCUT2D eigenvalue weighted by molar-refractivity contribution is -0.146. The van der Waals surface area contributed by atoms with E-state index in [1.807, 2.05) is 0 Å². The first-order chi connectivity index (χ1) is 7.13. The molecule has 0 atom stereocenters. The molecule has 4 heteroatoms. The second-order valence-corrected chi connectivity index (χ2v) is 2.78. The Bertz CT molecular complexity index is 390. The van der Waals surface area contributed by atoms with E-state index in [2.05, 4.69) is 0 Å². The quantitative estimate of drug-likeness (QED) is 0.596. The zero-order valence-electron chi connectivity index (χ0n) is 8.14. The van der Waals surface area contributed by atoms with Gasteiger partial charge in [-0.05, 0) is 23.8 Å². The zero-order chi connectivity index (χ0) is 11.3. The number of hydrogen-bond donors (Lipinski definition) is 1. The number of ether oxygens (including phenoxy) is 1. The molecule has 1 aromatic carbocycles. The Labute approximate surface area is 86.8 Å². The summed E-state index contributed by atoms with van der Waals surface area (Å²) in [4.78, 5) is 20.9. The van der Waals surface area contributed by atoms with Crippen LogP contribution in [0.1, 0.15) is 5.56 Å². The predicted octanol–water partition coefficient (Wildman–Crippen LogP) is 1.36. The third-order valence-electron chi connectivity index (χ3n) is 1.75. The van der Waals surface area contributed by atoms with Crippen LogP contribution in [0.5, 0.6) is 5.75 Å². The summed E-state index contributed by atoms with van der Waals surface area (Å²) < 4.78 is 4.95. The fourth-order valence-electron chi connectivity index (χ4n) is 0.958. The number of ketones is 1. The standard InChI is InChI=1S/C11H10O4/c1-15-9-5-2-8(3-6-9)4-7-10(12)11(13)14/h2-7H,1H3,(H,13,14)/b7-4-. The topological polar surface area (TPSA) is 63.6 Å². The van der Waals surface area contributed by atoms with Gasteiger partial charge in [0.2, 0.25) is 0 Å². The average molecular weight is 206 g/mol. The monoisotopic (exact) mass is 206 g/mol. The first-order valence-electron chi connectivity index (χ1n) is 4.23. The van der Waals surface area contributed by atoms with Crippen LogP contribution in [-0.4, -0.2) is 24.0 Å². The van der Waals surface area contributed by atoms with Gasteiger partial charge < -0.3 is 9.84 Å². The van der Waals surface area contributed by atoms with Crippen molar-refractivity contribution in [3.8, 4) is 5.75 Å². The maximum atomic E-state index is 10.7. The normalized spacial score (nSPS) is 10.2. The fourth-order valence-corrected chi connectivity index (χ4v) is 0.958. The molecular weight excluding hydrogens is 196 g/mol. The van der Waals surface area contributed by atoms with Gasteiger partial charge in [-0.1, -0.05) is 18.2 Å². The number of rotatable bonds is 4.